The summed E-state index contributed by atoms with van der Waals surface area (Å²) in [6.07, 6.45) is 4.38. The fourth-order valence-corrected chi connectivity index (χ4v) is 2.70. The third-order valence-electron chi connectivity index (χ3n) is 3.58. The average Bonchev–Trinajstić information content (AvgIpc) is 2.65. The van der Waals surface area contributed by atoms with Gasteiger partial charge < -0.3 is 20.4 Å². The van der Waals surface area contributed by atoms with Crippen molar-refractivity contribution >= 4 is 29.2 Å². The van der Waals surface area contributed by atoms with Crippen molar-refractivity contribution in [1.82, 2.24) is 10.2 Å². The monoisotopic (exact) mass is 316 g/mol. The first-order valence-electron chi connectivity index (χ1n) is 7.43. The maximum atomic E-state index is 11.9. The molecule has 7 heteroatoms. The number of carboxylic acid groups (broad SMARTS) is 1. The molecule has 3 N–H and O–H groups in total. The zero-order valence-corrected chi connectivity index (χ0v) is 13.2. The smallest absolute Gasteiger partial charge is 0.303 e. The van der Waals surface area contributed by atoms with Gasteiger partial charge in [-0.1, -0.05) is 19.3 Å². The van der Waals surface area contributed by atoms with Gasteiger partial charge >= 0.3 is 5.97 Å². The lowest BCUT2D eigenvalue weighted by atomic mass is 10.1. The molecule has 0 aromatic rings. The largest absolute Gasteiger partial charge is 0.481 e. The number of carbonyl (C=O) groups is 2. The molecule has 1 aliphatic heterocycles. The van der Waals surface area contributed by atoms with Crippen LogP contribution in [-0.4, -0.2) is 50.8 Å². The number of rotatable bonds is 10. The lowest BCUT2D eigenvalue weighted by Gasteiger charge is -2.24. The first kappa shape index (κ1) is 17.8. The number of nitrogens with one attached hydrogen (secondary N) is 1. The van der Waals surface area contributed by atoms with E-state index in [1.54, 1.807) is 6.92 Å². The Morgan fingerprint density at radius 3 is 2.67 bits per heavy atom. The number of thiocarbonyl (C=S) groups is 1. The molecule has 21 heavy (non-hydrogen) atoms. The molecular weight excluding hydrogens is 292 g/mol. The molecule has 0 saturated carbocycles. The molecule has 2 unspecified atom stereocenters. The minimum Gasteiger partial charge on any atom is -0.481 e. The van der Waals surface area contributed by atoms with E-state index in [9.17, 15) is 14.7 Å². The fourth-order valence-electron chi connectivity index (χ4n) is 2.38. The third-order valence-corrected chi connectivity index (χ3v) is 3.91. The van der Waals surface area contributed by atoms with Gasteiger partial charge in [-0.25, -0.2) is 0 Å². The highest BCUT2D eigenvalue weighted by Crippen LogP contribution is 2.17. The Morgan fingerprint density at radius 2 is 2.05 bits per heavy atom. The van der Waals surface area contributed by atoms with Crippen molar-refractivity contribution in [3.63, 3.8) is 0 Å². The predicted molar refractivity (Wildman–Crippen MR) is 82.9 cm³/mol. The van der Waals surface area contributed by atoms with Gasteiger partial charge in [0, 0.05) is 13.0 Å². The Kier molecular flexibility index (Phi) is 7.60. The van der Waals surface area contributed by atoms with Crippen LogP contribution in [0.5, 0.6) is 0 Å². The first-order valence-corrected chi connectivity index (χ1v) is 7.84. The maximum absolute atomic E-state index is 11.9. The molecular formula is C14H24N2O4S. The van der Waals surface area contributed by atoms with Gasteiger partial charge in [0.05, 0.1) is 6.10 Å². The van der Waals surface area contributed by atoms with Crippen molar-refractivity contribution in [3.05, 3.63) is 0 Å². The third kappa shape index (κ3) is 6.39. The van der Waals surface area contributed by atoms with Crippen molar-refractivity contribution in [3.8, 4) is 0 Å². The van der Waals surface area contributed by atoms with E-state index in [1.807, 2.05) is 4.90 Å². The van der Waals surface area contributed by atoms with Crippen LogP contribution >= 0.6 is 12.2 Å². The number of hydrogen-bond donors (Lipinski definition) is 3. The lowest BCUT2D eigenvalue weighted by Crippen LogP contribution is -2.36. The summed E-state index contributed by atoms with van der Waals surface area (Å²) in [6, 6.07) is -0.254. The highest BCUT2D eigenvalue weighted by molar-refractivity contribution is 7.80. The number of unbranched alkanes of at least 4 members (excludes halogenated alkanes) is 3. The van der Waals surface area contributed by atoms with Crippen LogP contribution in [0.25, 0.3) is 0 Å². The number of carboxylic acids is 1. The summed E-state index contributed by atoms with van der Waals surface area (Å²) in [4.78, 5) is 24.1. The molecule has 0 bridgehead atoms. The van der Waals surface area contributed by atoms with Crippen LogP contribution in [0.3, 0.4) is 0 Å². The van der Waals surface area contributed by atoms with E-state index in [0.717, 1.165) is 19.3 Å². The maximum Gasteiger partial charge on any atom is 0.303 e. The predicted octanol–water partition coefficient (Wildman–Crippen LogP) is 1.27. The van der Waals surface area contributed by atoms with Crippen molar-refractivity contribution in [1.29, 1.82) is 0 Å². The van der Waals surface area contributed by atoms with E-state index in [2.05, 4.69) is 5.32 Å². The van der Waals surface area contributed by atoms with Crippen molar-refractivity contribution < 1.29 is 19.8 Å². The summed E-state index contributed by atoms with van der Waals surface area (Å²) in [5.41, 5.74) is 0. The summed E-state index contributed by atoms with van der Waals surface area (Å²) >= 11 is 5.14. The standard InChI is InChI=1S/C14H24N2O4S/c1-10(17)8-9-16-11(13(20)15-14(16)21)6-4-2-3-5-7-12(18)19/h10-11,17H,2-9H2,1H3,(H,18,19)(H,15,20,21). The lowest BCUT2D eigenvalue weighted by molar-refractivity contribution is -0.137. The van der Waals surface area contributed by atoms with Gasteiger partial charge in [-0.05, 0) is 38.4 Å². The van der Waals surface area contributed by atoms with Crippen LogP contribution < -0.4 is 5.32 Å². The van der Waals surface area contributed by atoms with Gasteiger partial charge in [-0.2, -0.15) is 0 Å². The number of amides is 1. The average molecular weight is 316 g/mol. The number of hydrogen-bond acceptors (Lipinski definition) is 4. The second-order valence-corrected chi connectivity index (χ2v) is 5.87. The van der Waals surface area contributed by atoms with Crippen LogP contribution in [0, 0.1) is 0 Å². The van der Waals surface area contributed by atoms with E-state index in [1.165, 1.54) is 0 Å². The van der Waals surface area contributed by atoms with Crippen LogP contribution in [0.4, 0.5) is 0 Å². The summed E-state index contributed by atoms with van der Waals surface area (Å²) in [5, 5.41) is 21.0. The highest BCUT2D eigenvalue weighted by Gasteiger charge is 2.34. The quantitative estimate of drug-likeness (QED) is 0.415. The normalized spacial score (nSPS) is 19.7. The molecule has 120 valence electrons. The molecule has 0 spiro atoms. The summed E-state index contributed by atoms with van der Waals surface area (Å²) < 4.78 is 0. The zero-order valence-electron chi connectivity index (χ0n) is 12.4. The van der Waals surface area contributed by atoms with E-state index in [4.69, 9.17) is 17.3 Å². The number of carbonyl (C=O) groups excluding carboxylic acids is 1. The Bertz CT molecular complexity index is 387. The van der Waals surface area contributed by atoms with Crippen LogP contribution in [0.1, 0.15) is 51.9 Å². The van der Waals surface area contributed by atoms with Gasteiger partial charge in [0.1, 0.15) is 6.04 Å². The molecule has 0 aromatic heterocycles. The Labute approximate surface area is 130 Å². The molecule has 1 saturated heterocycles. The molecule has 1 aliphatic rings. The van der Waals surface area contributed by atoms with Crippen LogP contribution in [0.2, 0.25) is 0 Å². The second-order valence-electron chi connectivity index (χ2n) is 5.49. The molecule has 1 amide bonds. The highest BCUT2D eigenvalue weighted by atomic mass is 32.1. The molecule has 2 atom stereocenters. The number of nitrogens with zero attached hydrogens (tertiary/aromatic N) is 1. The fraction of sp³-hybridized carbons (Fsp3) is 0.786. The van der Waals surface area contributed by atoms with Gasteiger partial charge in [-0.15, -0.1) is 0 Å². The topological polar surface area (TPSA) is 89.9 Å². The Morgan fingerprint density at radius 1 is 1.38 bits per heavy atom. The molecule has 0 aromatic carbocycles. The minimum absolute atomic E-state index is 0.0730. The Hall–Kier alpha value is -1.21. The SMILES string of the molecule is CC(O)CCN1C(=S)NC(=O)C1CCCCCCC(=O)O. The van der Waals surface area contributed by atoms with E-state index in [-0.39, 0.29) is 18.4 Å². The van der Waals surface area contributed by atoms with Gasteiger partial charge in [0.2, 0.25) is 5.91 Å². The van der Waals surface area contributed by atoms with Gasteiger partial charge in [-0.3, -0.25) is 9.59 Å². The molecule has 6 nitrogen and oxygen atoms in total. The van der Waals surface area contributed by atoms with E-state index >= 15 is 0 Å². The number of aliphatic carboxylic acids is 1. The zero-order chi connectivity index (χ0) is 15.8. The molecule has 0 aliphatic carbocycles. The molecule has 0 radical (unpaired) electrons. The summed E-state index contributed by atoms with van der Waals surface area (Å²) in [5.74, 6) is -0.837. The molecule has 1 heterocycles. The first-order chi connectivity index (χ1) is 9.91. The summed E-state index contributed by atoms with van der Waals surface area (Å²) in [7, 11) is 0. The Balaban J connectivity index is 2.31. The molecule has 1 rings (SSSR count). The summed E-state index contributed by atoms with van der Waals surface area (Å²) in [6.45, 7) is 2.28. The van der Waals surface area contributed by atoms with Crippen molar-refractivity contribution in [2.24, 2.45) is 0 Å². The van der Waals surface area contributed by atoms with Gasteiger partial charge in [0.25, 0.3) is 0 Å². The van der Waals surface area contributed by atoms with Crippen molar-refractivity contribution in [2.45, 2.75) is 64.0 Å². The number of aliphatic hydroxyl groups excluding tert-OH is 1. The van der Waals surface area contributed by atoms with E-state index in [0.29, 0.717) is 30.9 Å². The van der Waals surface area contributed by atoms with E-state index < -0.39 is 12.1 Å². The minimum atomic E-state index is -0.764. The van der Waals surface area contributed by atoms with Gasteiger partial charge in [0.15, 0.2) is 5.11 Å². The number of aliphatic hydroxyl groups is 1. The van der Waals surface area contributed by atoms with Crippen LogP contribution in [-0.2, 0) is 9.59 Å². The molecule has 1 fully saturated rings. The van der Waals surface area contributed by atoms with Crippen molar-refractivity contribution in [2.75, 3.05) is 6.54 Å². The second kappa shape index (κ2) is 8.94. The van der Waals surface area contributed by atoms with Crippen LogP contribution in [0.15, 0.2) is 0 Å².